The molecular formula is C7H12N2O3. The molecule has 0 aromatic rings. The van der Waals surface area contributed by atoms with Crippen molar-refractivity contribution in [2.75, 3.05) is 6.54 Å². The number of likely N-dealkylation sites (tertiary alicyclic amines) is 1. The third-order valence-corrected chi connectivity index (χ3v) is 2.24. The predicted molar refractivity (Wildman–Crippen MR) is 41.5 cm³/mol. The summed E-state index contributed by atoms with van der Waals surface area (Å²) in [6.07, 6.45) is 0.708. The van der Waals surface area contributed by atoms with E-state index in [0.717, 1.165) is 0 Å². The Kier molecular flexibility index (Phi) is 2.21. The van der Waals surface area contributed by atoms with Crippen LogP contribution in [0.25, 0.3) is 0 Å². The number of aliphatic carboxylic acids is 1. The first-order chi connectivity index (χ1) is 5.54. The quantitative estimate of drug-likeness (QED) is 0.577. The minimum atomic E-state index is -0.973. The third-order valence-electron chi connectivity index (χ3n) is 2.24. The van der Waals surface area contributed by atoms with Crippen molar-refractivity contribution in [3.63, 3.8) is 0 Å². The van der Waals surface area contributed by atoms with E-state index in [4.69, 9.17) is 10.8 Å². The van der Waals surface area contributed by atoms with Gasteiger partial charge in [0.1, 0.15) is 6.04 Å². The Bertz CT molecular complexity index is 217. The molecule has 3 N–H and O–H groups in total. The van der Waals surface area contributed by atoms with E-state index in [1.54, 1.807) is 0 Å². The number of carbonyl (C=O) groups excluding carboxylic acids is 1. The van der Waals surface area contributed by atoms with Gasteiger partial charge in [-0.2, -0.15) is 0 Å². The van der Waals surface area contributed by atoms with Gasteiger partial charge in [-0.15, -0.1) is 0 Å². The van der Waals surface area contributed by atoms with Crippen molar-refractivity contribution in [2.24, 2.45) is 11.7 Å². The Labute approximate surface area is 70.1 Å². The van der Waals surface area contributed by atoms with Crippen LogP contribution in [0.3, 0.4) is 0 Å². The first kappa shape index (κ1) is 8.83. The van der Waals surface area contributed by atoms with E-state index in [1.165, 1.54) is 4.90 Å². The smallest absolute Gasteiger partial charge is 0.326 e. The van der Waals surface area contributed by atoms with Gasteiger partial charge in [-0.25, -0.2) is 9.59 Å². The highest BCUT2D eigenvalue weighted by molar-refractivity contribution is 5.82. The molecule has 5 nitrogen and oxygen atoms in total. The fourth-order valence-corrected chi connectivity index (χ4v) is 1.57. The Morgan fingerprint density at radius 2 is 2.17 bits per heavy atom. The molecule has 1 heterocycles. The molecule has 1 aliphatic rings. The van der Waals surface area contributed by atoms with Gasteiger partial charge < -0.3 is 15.7 Å². The molecule has 0 aliphatic carbocycles. The van der Waals surface area contributed by atoms with Crippen LogP contribution < -0.4 is 5.73 Å². The maximum absolute atomic E-state index is 10.7. The number of carboxylic acid groups (broad SMARTS) is 1. The predicted octanol–water partition coefficient (Wildman–Crippen LogP) is -0.140. The van der Waals surface area contributed by atoms with Crippen molar-refractivity contribution in [2.45, 2.75) is 19.4 Å². The lowest BCUT2D eigenvalue weighted by Crippen LogP contribution is -2.45. The Morgan fingerprint density at radius 3 is 2.50 bits per heavy atom. The number of carbonyl (C=O) groups is 2. The number of rotatable bonds is 1. The van der Waals surface area contributed by atoms with Gasteiger partial charge in [0, 0.05) is 6.54 Å². The summed E-state index contributed by atoms with van der Waals surface area (Å²) in [6, 6.07) is -1.38. The molecule has 5 heteroatoms. The minimum Gasteiger partial charge on any atom is -0.480 e. The van der Waals surface area contributed by atoms with Crippen molar-refractivity contribution in [3.05, 3.63) is 0 Å². The molecule has 1 fully saturated rings. The van der Waals surface area contributed by atoms with E-state index in [1.807, 2.05) is 6.92 Å². The van der Waals surface area contributed by atoms with Gasteiger partial charge in [0.05, 0.1) is 0 Å². The van der Waals surface area contributed by atoms with Gasteiger partial charge >= 0.3 is 12.0 Å². The summed E-state index contributed by atoms with van der Waals surface area (Å²) >= 11 is 0. The number of hydrogen-bond acceptors (Lipinski definition) is 2. The number of hydrogen-bond donors (Lipinski definition) is 2. The summed E-state index contributed by atoms with van der Waals surface area (Å²) in [5.74, 6) is -0.978. The van der Waals surface area contributed by atoms with E-state index in [-0.39, 0.29) is 5.92 Å². The van der Waals surface area contributed by atoms with Crippen LogP contribution in [-0.2, 0) is 4.79 Å². The number of urea groups is 1. The maximum atomic E-state index is 10.7. The van der Waals surface area contributed by atoms with E-state index >= 15 is 0 Å². The number of amides is 2. The Balaban J connectivity index is 2.77. The molecule has 0 spiro atoms. The molecule has 0 aromatic carbocycles. The molecule has 0 aromatic heterocycles. The fraction of sp³-hybridized carbons (Fsp3) is 0.714. The molecule has 0 bridgehead atoms. The van der Waals surface area contributed by atoms with Crippen molar-refractivity contribution in [1.82, 2.24) is 4.90 Å². The number of nitrogens with two attached hydrogens (primary N) is 1. The number of carboxylic acids is 1. The summed E-state index contributed by atoms with van der Waals surface area (Å²) < 4.78 is 0. The summed E-state index contributed by atoms with van der Waals surface area (Å²) in [6.45, 7) is 2.26. The van der Waals surface area contributed by atoms with Crippen molar-refractivity contribution < 1.29 is 14.7 Å². The van der Waals surface area contributed by atoms with Gasteiger partial charge in [0.2, 0.25) is 0 Å². The van der Waals surface area contributed by atoms with Crippen molar-refractivity contribution >= 4 is 12.0 Å². The average Bonchev–Trinajstić information content (AvgIpc) is 2.30. The summed E-state index contributed by atoms with van der Waals surface area (Å²) in [7, 11) is 0. The van der Waals surface area contributed by atoms with Crippen LogP contribution >= 0.6 is 0 Å². The lowest BCUT2D eigenvalue weighted by Gasteiger charge is -2.20. The molecule has 0 radical (unpaired) electrons. The van der Waals surface area contributed by atoms with Crippen LogP contribution in [0, 0.1) is 5.92 Å². The highest BCUT2D eigenvalue weighted by Gasteiger charge is 2.38. The lowest BCUT2D eigenvalue weighted by atomic mass is 10.0. The minimum absolute atomic E-state index is 0.00463. The van der Waals surface area contributed by atoms with Gasteiger partial charge in [0.15, 0.2) is 0 Å². The highest BCUT2D eigenvalue weighted by Crippen LogP contribution is 2.23. The zero-order chi connectivity index (χ0) is 9.30. The monoisotopic (exact) mass is 172 g/mol. The fourth-order valence-electron chi connectivity index (χ4n) is 1.57. The zero-order valence-corrected chi connectivity index (χ0v) is 6.86. The second-order valence-corrected chi connectivity index (χ2v) is 3.08. The highest BCUT2D eigenvalue weighted by atomic mass is 16.4. The van der Waals surface area contributed by atoms with E-state index in [0.29, 0.717) is 13.0 Å². The Morgan fingerprint density at radius 1 is 1.58 bits per heavy atom. The topological polar surface area (TPSA) is 83.6 Å². The number of nitrogens with zero attached hydrogens (tertiary/aromatic N) is 1. The molecule has 68 valence electrons. The molecule has 1 rings (SSSR count). The third kappa shape index (κ3) is 1.34. The normalized spacial score (nSPS) is 28.9. The SMILES string of the molecule is CC1CCN(C(N)=O)C1C(=O)O. The molecule has 2 unspecified atom stereocenters. The van der Waals surface area contributed by atoms with Crippen LogP contribution in [0.1, 0.15) is 13.3 Å². The second kappa shape index (κ2) is 3.00. The van der Waals surface area contributed by atoms with Crippen LogP contribution in [0.15, 0.2) is 0 Å². The van der Waals surface area contributed by atoms with E-state index in [9.17, 15) is 9.59 Å². The summed E-state index contributed by atoms with van der Waals surface area (Å²) in [5, 5.41) is 8.75. The van der Waals surface area contributed by atoms with Gasteiger partial charge in [-0.1, -0.05) is 6.92 Å². The zero-order valence-electron chi connectivity index (χ0n) is 6.86. The molecule has 1 aliphatic heterocycles. The van der Waals surface area contributed by atoms with Crippen LogP contribution in [0.4, 0.5) is 4.79 Å². The van der Waals surface area contributed by atoms with E-state index in [2.05, 4.69) is 0 Å². The summed E-state index contributed by atoms with van der Waals surface area (Å²) in [5.41, 5.74) is 5.01. The standard InChI is InChI=1S/C7H12N2O3/c1-4-2-3-9(7(8)12)5(4)6(10)11/h4-5H,2-3H2,1H3,(H2,8,12)(H,10,11). The van der Waals surface area contributed by atoms with Gasteiger partial charge in [0.25, 0.3) is 0 Å². The van der Waals surface area contributed by atoms with Gasteiger partial charge in [-0.05, 0) is 12.3 Å². The van der Waals surface area contributed by atoms with Crippen LogP contribution in [0.2, 0.25) is 0 Å². The van der Waals surface area contributed by atoms with E-state index < -0.39 is 18.0 Å². The first-order valence-corrected chi connectivity index (χ1v) is 3.83. The molecule has 0 saturated carbocycles. The molecule has 2 atom stereocenters. The van der Waals surface area contributed by atoms with Crippen molar-refractivity contribution in [3.8, 4) is 0 Å². The lowest BCUT2D eigenvalue weighted by molar-refractivity contribution is -0.142. The molecule has 2 amide bonds. The Hall–Kier alpha value is -1.26. The molecule has 12 heavy (non-hydrogen) atoms. The first-order valence-electron chi connectivity index (χ1n) is 3.83. The molecule has 1 saturated heterocycles. The van der Waals surface area contributed by atoms with Crippen LogP contribution in [-0.4, -0.2) is 34.6 Å². The molecular weight excluding hydrogens is 160 g/mol. The summed E-state index contributed by atoms with van der Waals surface area (Å²) in [4.78, 5) is 22.6. The van der Waals surface area contributed by atoms with Crippen LogP contribution in [0.5, 0.6) is 0 Å². The maximum Gasteiger partial charge on any atom is 0.326 e. The largest absolute Gasteiger partial charge is 0.480 e. The second-order valence-electron chi connectivity index (χ2n) is 3.08. The van der Waals surface area contributed by atoms with Crippen molar-refractivity contribution in [1.29, 1.82) is 0 Å². The number of primary amides is 1. The van der Waals surface area contributed by atoms with Gasteiger partial charge in [-0.3, -0.25) is 0 Å². The average molecular weight is 172 g/mol.